The van der Waals surface area contributed by atoms with E-state index in [1.807, 2.05) is 6.92 Å². The van der Waals surface area contributed by atoms with E-state index in [0.717, 1.165) is 5.56 Å². The molecule has 0 bridgehead atoms. The summed E-state index contributed by atoms with van der Waals surface area (Å²) < 4.78 is 23.0. The Kier molecular flexibility index (Phi) is 5.36. The van der Waals surface area contributed by atoms with Gasteiger partial charge in [-0.05, 0) is 36.2 Å². The number of hydrogen-bond donors (Lipinski definition) is 1. The minimum absolute atomic E-state index is 0.0503. The lowest BCUT2D eigenvalue weighted by molar-refractivity contribution is 0.0597. The van der Waals surface area contributed by atoms with Crippen LogP contribution >= 0.6 is 0 Å². The van der Waals surface area contributed by atoms with Gasteiger partial charge in [-0.1, -0.05) is 24.3 Å². The van der Waals surface area contributed by atoms with Crippen LogP contribution in [0.3, 0.4) is 0 Å². The van der Waals surface area contributed by atoms with Crippen molar-refractivity contribution in [3.05, 3.63) is 58.9 Å². The second kappa shape index (κ2) is 7.45. The van der Waals surface area contributed by atoms with Crippen LogP contribution in [-0.4, -0.2) is 24.8 Å². The maximum absolute atomic E-state index is 12.9. The van der Waals surface area contributed by atoms with Crippen LogP contribution in [0.5, 0.6) is 11.5 Å². The highest BCUT2D eigenvalue weighted by Crippen LogP contribution is 2.30. The number of rotatable bonds is 5. The number of phenolic OH excluding ortho intramolecular Hbond substituents is 1. The number of ether oxygens (including phenoxy) is 2. The predicted molar refractivity (Wildman–Crippen MR) is 85.9 cm³/mol. The molecule has 0 atom stereocenters. The molecule has 0 spiro atoms. The third kappa shape index (κ3) is 4.10. The summed E-state index contributed by atoms with van der Waals surface area (Å²) in [6, 6.07) is 8.90. The smallest absolute Gasteiger partial charge is 0.342 e. The van der Waals surface area contributed by atoms with E-state index in [-0.39, 0.29) is 17.1 Å². The highest BCUT2D eigenvalue weighted by molar-refractivity contribution is 5.98. The molecule has 0 saturated carbocycles. The van der Waals surface area contributed by atoms with E-state index in [0.29, 0.717) is 17.9 Å². The Morgan fingerprint density at radius 2 is 1.91 bits per heavy atom. The highest BCUT2D eigenvalue weighted by atomic mass is 19.1. The molecule has 0 aliphatic carbocycles. The summed E-state index contributed by atoms with van der Waals surface area (Å²) in [5.74, 6) is -0.754. The van der Waals surface area contributed by atoms with Gasteiger partial charge in [-0.25, -0.2) is 9.18 Å². The maximum Gasteiger partial charge on any atom is 0.342 e. The van der Waals surface area contributed by atoms with E-state index < -0.39 is 5.97 Å². The van der Waals surface area contributed by atoms with Crippen molar-refractivity contribution >= 4 is 18.1 Å². The molecular weight excluding hydrogens is 299 g/mol. The summed E-state index contributed by atoms with van der Waals surface area (Å²) in [6.45, 7) is 2.25. The quantitative estimate of drug-likeness (QED) is 0.671. The lowest BCUT2D eigenvalue weighted by atomic mass is 10.0. The summed E-state index contributed by atoms with van der Waals surface area (Å²) in [5.41, 5.74) is 1.25. The van der Waals surface area contributed by atoms with Gasteiger partial charge in [-0.2, -0.15) is 0 Å². The second-order valence-electron chi connectivity index (χ2n) is 4.72. The molecular formula is C18H17FO4. The van der Waals surface area contributed by atoms with Crippen LogP contribution < -0.4 is 4.74 Å². The molecule has 0 amide bonds. The van der Waals surface area contributed by atoms with Gasteiger partial charge in [0.25, 0.3) is 0 Å². The van der Waals surface area contributed by atoms with Gasteiger partial charge in [0.1, 0.15) is 22.9 Å². The predicted octanol–water partition coefficient (Wildman–Crippen LogP) is 3.89. The first-order chi connectivity index (χ1) is 11.0. The normalized spacial score (nSPS) is 10.7. The van der Waals surface area contributed by atoms with Gasteiger partial charge in [-0.15, -0.1) is 0 Å². The monoisotopic (exact) mass is 316 g/mol. The maximum atomic E-state index is 12.9. The number of benzene rings is 2. The highest BCUT2D eigenvalue weighted by Gasteiger charge is 2.17. The van der Waals surface area contributed by atoms with Crippen molar-refractivity contribution in [2.24, 2.45) is 0 Å². The Hall–Kier alpha value is -2.82. The van der Waals surface area contributed by atoms with Crippen LogP contribution in [0.1, 0.15) is 28.4 Å². The van der Waals surface area contributed by atoms with Gasteiger partial charge in [0.15, 0.2) is 0 Å². The SMILES string of the molecule is CCOc1cc(O)c(C(=O)OC)c(C=Cc2ccc(F)cc2)c1. The Bertz CT molecular complexity index is 721. The third-order valence-corrected chi connectivity index (χ3v) is 3.15. The number of halogens is 1. The van der Waals surface area contributed by atoms with Gasteiger partial charge >= 0.3 is 5.97 Å². The molecule has 5 heteroatoms. The average molecular weight is 316 g/mol. The van der Waals surface area contributed by atoms with Crippen LogP contribution in [0.2, 0.25) is 0 Å². The molecule has 4 nitrogen and oxygen atoms in total. The van der Waals surface area contributed by atoms with Gasteiger partial charge in [-0.3, -0.25) is 0 Å². The minimum Gasteiger partial charge on any atom is -0.507 e. The molecule has 0 fully saturated rings. The lowest BCUT2D eigenvalue weighted by Gasteiger charge is -2.10. The standard InChI is InChI=1S/C18H17FO4/c1-3-23-15-10-13(17(16(20)11-15)18(21)22-2)7-4-12-5-8-14(19)9-6-12/h4-11,20H,3H2,1-2H3. The largest absolute Gasteiger partial charge is 0.507 e. The molecule has 2 aromatic rings. The van der Waals surface area contributed by atoms with Crippen molar-refractivity contribution in [1.29, 1.82) is 0 Å². The van der Waals surface area contributed by atoms with E-state index in [1.165, 1.54) is 25.3 Å². The van der Waals surface area contributed by atoms with E-state index >= 15 is 0 Å². The van der Waals surface area contributed by atoms with Gasteiger partial charge < -0.3 is 14.6 Å². The zero-order valence-electron chi connectivity index (χ0n) is 12.9. The number of methoxy groups -OCH3 is 1. The molecule has 1 N–H and O–H groups in total. The fourth-order valence-electron chi connectivity index (χ4n) is 2.09. The zero-order valence-corrected chi connectivity index (χ0v) is 12.9. The van der Waals surface area contributed by atoms with Crippen LogP contribution in [0.4, 0.5) is 4.39 Å². The van der Waals surface area contributed by atoms with Crippen molar-refractivity contribution < 1.29 is 23.8 Å². The molecule has 0 aromatic heterocycles. The van der Waals surface area contributed by atoms with Crippen LogP contribution in [0.15, 0.2) is 36.4 Å². The fraction of sp³-hybridized carbons (Fsp3) is 0.167. The first-order valence-corrected chi connectivity index (χ1v) is 7.07. The molecule has 0 heterocycles. The van der Waals surface area contributed by atoms with E-state index in [4.69, 9.17) is 9.47 Å². The molecule has 0 unspecified atom stereocenters. The second-order valence-corrected chi connectivity index (χ2v) is 4.72. The molecule has 0 saturated heterocycles. The van der Waals surface area contributed by atoms with E-state index in [9.17, 15) is 14.3 Å². The van der Waals surface area contributed by atoms with E-state index in [1.54, 1.807) is 30.4 Å². The van der Waals surface area contributed by atoms with Crippen LogP contribution in [0, 0.1) is 5.82 Å². The lowest BCUT2D eigenvalue weighted by Crippen LogP contribution is -2.05. The fourth-order valence-corrected chi connectivity index (χ4v) is 2.09. The van der Waals surface area contributed by atoms with Gasteiger partial charge in [0.05, 0.1) is 13.7 Å². The van der Waals surface area contributed by atoms with Crippen molar-refractivity contribution in [2.75, 3.05) is 13.7 Å². The summed E-state index contributed by atoms with van der Waals surface area (Å²) in [4.78, 5) is 11.9. The van der Waals surface area contributed by atoms with Crippen molar-refractivity contribution in [1.82, 2.24) is 0 Å². The molecule has 23 heavy (non-hydrogen) atoms. The number of hydrogen-bond acceptors (Lipinski definition) is 4. The van der Waals surface area contributed by atoms with Crippen LogP contribution in [0.25, 0.3) is 12.2 Å². The van der Waals surface area contributed by atoms with Crippen LogP contribution in [-0.2, 0) is 4.74 Å². The first kappa shape index (κ1) is 16.5. The van der Waals surface area contributed by atoms with Crippen molar-refractivity contribution in [2.45, 2.75) is 6.92 Å². The Morgan fingerprint density at radius 3 is 2.52 bits per heavy atom. The summed E-state index contributed by atoms with van der Waals surface area (Å²) in [5, 5.41) is 10.1. The average Bonchev–Trinajstić information content (AvgIpc) is 2.53. The number of carbonyl (C=O) groups excluding carboxylic acids is 1. The number of phenols is 1. The van der Waals surface area contributed by atoms with Gasteiger partial charge in [0, 0.05) is 6.07 Å². The first-order valence-electron chi connectivity index (χ1n) is 7.07. The zero-order chi connectivity index (χ0) is 16.8. The molecule has 0 aliphatic rings. The molecule has 2 rings (SSSR count). The number of carbonyl (C=O) groups is 1. The summed E-state index contributed by atoms with van der Waals surface area (Å²) in [7, 11) is 1.24. The number of esters is 1. The molecule has 0 radical (unpaired) electrons. The Labute approximate surface area is 133 Å². The Balaban J connectivity index is 2.44. The van der Waals surface area contributed by atoms with Gasteiger partial charge in [0.2, 0.25) is 0 Å². The summed E-state index contributed by atoms with van der Waals surface area (Å²) >= 11 is 0. The molecule has 120 valence electrons. The third-order valence-electron chi connectivity index (χ3n) is 3.15. The topological polar surface area (TPSA) is 55.8 Å². The minimum atomic E-state index is -0.649. The van der Waals surface area contributed by atoms with Crippen molar-refractivity contribution in [3.63, 3.8) is 0 Å². The Morgan fingerprint density at radius 1 is 1.22 bits per heavy atom. The molecule has 2 aromatic carbocycles. The molecule has 0 aliphatic heterocycles. The summed E-state index contributed by atoms with van der Waals surface area (Å²) in [6.07, 6.45) is 3.35. The van der Waals surface area contributed by atoms with E-state index in [2.05, 4.69) is 0 Å². The number of aromatic hydroxyl groups is 1. The van der Waals surface area contributed by atoms with Crippen molar-refractivity contribution in [3.8, 4) is 11.5 Å².